The number of aryl methyl sites for hydroxylation is 1. The molecule has 3 N–H and O–H groups in total. The van der Waals surface area contributed by atoms with Crippen LogP contribution in [0, 0.1) is 10.1 Å². The van der Waals surface area contributed by atoms with Crippen molar-refractivity contribution in [2.75, 3.05) is 32.0 Å². The second-order valence-corrected chi connectivity index (χ2v) is 6.68. The van der Waals surface area contributed by atoms with Gasteiger partial charge in [0.2, 0.25) is 0 Å². The van der Waals surface area contributed by atoms with Gasteiger partial charge >= 0.3 is 0 Å². The average Bonchev–Trinajstić information content (AvgIpc) is 3.12. The number of nitrogens with one attached hydrogen (secondary N) is 3. The molecule has 0 aliphatic carbocycles. The van der Waals surface area contributed by atoms with Gasteiger partial charge in [0.05, 0.1) is 9.93 Å². The highest BCUT2D eigenvalue weighted by Crippen LogP contribution is 2.15. The monoisotopic (exact) mass is 376 g/mol. The molecule has 0 spiro atoms. The first-order chi connectivity index (χ1) is 12.6. The van der Waals surface area contributed by atoms with Gasteiger partial charge in [-0.05, 0) is 18.6 Å². The van der Waals surface area contributed by atoms with Crippen LogP contribution < -0.4 is 16.0 Å². The van der Waals surface area contributed by atoms with Gasteiger partial charge in [-0.2, -0.15) is 0 Å². The van der Waals surface area contributed by atoms with Crippen molar-refractivity contribution in [2.24, 2.45) is 4.99 Å². The number of rotatable bonds is 9. The topological polar surface area (TPSA) is 104 Å². The molecule has 26 heavy (non-hydrogen) atoms. The third kappa shape index (κ3) is 6.32. The first-order valence-electron chi connectivity index (χ1n) is 8.48. The van der Waals surface area contributed by atoms with Crippen LogP contribution in [-0.4, -0.2) is 42.5 Å². The van der Waals surface area contributed by atoms with E-state index in [4.69, 9.17) is 0 Å². The van der Waals surface area contributed by atoms with Gasteiger partial charge in [0, 0.05) is 62.0 Å². The summed E-state index contributed by atoms with van der Waals surface area (Å²) in [6, 6.07) is 6.37. The Morgan fingerprint density at radius 2 is 1.96 bits per heavy atom. The smallest absolute Gasteiger partial charge is 0.269 e. The predicted octanol–water partition coefficient (Wildman–Crippen LogP) is 2.43. The van der Waals surface area contributed by atoms with E-state index in [1.54, 1.807) is 30.5 Å². The summed E-state index contributed by atoms with van der Waals surface area (Å²) in [6.45, 7) is 4.25. The summed E-state index contributed by atoms with van der Waals surface area (Å²) < 4.78 is 0. The summed E-state index contributed by atoms with van der Waals surface area (Å²) in [4.78, 5) is 20.1. The summed E-state index contributed by atoms with van der Waals surface area (Å²) in [5.74, 6) is 0.739. The first-order valence-corrected chi connectivity index (χ1v) is 9.30. The van der Waals surface area contributed by atoms with Crippen molar-refractivity contribution in [2.45, 2.75) is 19.8 Å². The van der Waals surface area contributed by atoms with Crippen molar-refractivity contribution in [1.82, 2.24) is 15.6 Å². The molecular formula is C17H24N6O2S. The van der Waals surface area contributed by atoms with Crippen LogP contribution in [-0.2, 0) is 12.8 Å². The van der Waals surface area contributed by atoms with Gasteiger partial charge in [0.15, 0.2) is 5.96 Å². The maximum absolute atomic E-state index is 10.6. The lowest BCUT2D eigenvalue weighted by atomic mass is 10.3. The number of non-ortho nitro benzene ring substituents is 1. The summed E-state index contributed by atoms with van der Waals surface area (Å²) in [5.41, 5.74) is 0.931. The Hall–Kier alpha value is -2.68. The van der Waals surface area contributed by atoms with Crippen molar-refractivity contribution in [3.8, 4) is 0 Å². The van der Waals surface area contributed by atoms with E-state index in [0.717, 1.165) is 36.0 Å². The Morgan fingerprint density at radius 3 is 2.58 bits per heavy atom. The largest absolute Gasteiger partial charge is 0.383 e. The number of hydrogen-bond donors (Lipinski definition) is 3. The van der Waals surface area contributed by atoms with Crippen LogP contribution in [0.25, 0.3) is 0 Å². The number of thiazole rings is 1. The lowest BCUT2D eigenvalue weighted by molar-refractivity contribution is -0.384. The summed E-state index contributed by atoms with van der Waals surface area (Å²) in [6.07, 6.45) is 3.83. The minimum absolute atomic E-state index is 0.0876. The van der Waals surface area contributed by atoms with Gasteiger partial charge in [-0.15, -0.1) is 11.3 Å². The SMILES string of the molecule is CCc1cnc(CCNC(=NC)NCCNc2ccc([N+](=O)[O-])cc2)s1. The normalized spacial score (nSPS) is 11.2. The van der Waals surface area contributed by atoms with E-state index >= 15 is 0 Å². The van der Waals surface area contributed by atoms with E-state index in [2.05, 4.69) is 32.9 Å². The molecule has 0 fully saturated rings. The number of aromatic nitrogens is 1. The molecule has 9 heteroatoms. The van der Waals surface area contributed by atoms with Gasteiger partial charge < -0.3 is 16.0 Å². The molecule has 1 aromatic heterocycles. The average molecular weight is 376 g/mol. The Balaban J connectivity index is 1.64. The van der Waals surface area contributed by atoms with E-state index in [-0.39, 0.29) is 5.69 Å². The van der Waals surface area contributed by atoms with Crippen molar-refractivity contribution in [3.05, 3.63) is 50.5 Å². The first kappa shape index (κ1) is 19.6. The molecule has 140 valence electrons. The van der Waals surface area contributed by atoms with Crippen molar-refractivity contribution < 1.29 is 4.92 Å². The predicted molar refractivity (Wildman–Crippen MR) is 106 cm³/mol. The standard InChI is InChI=1S/C17H24N6O2S/c1-3-15-12-22-16(26-15)8-9-20-17(18-2)21-11-10-19-13-4-6-14(7-5-13)23(24)25/h4-7,12,19H,3,8-11H2,1-2H3,(H2,18,20,21). The maximum Gasteiger partial charge on any atom is 0.269 e. The highest BCUT2D eigenvalue weighted by atomic mass is 32.1. The second-order valence-electron chi connectivity index (χ2n) is 5.48. The number of nitro groups is 1. The van der Waals surface area contributed by atoms with E-state index in [9.17, 15) is 10.1 Å². The second kappa shape index (κ2) is 10.3. The summed E-state index contributed by atoms with van der Waals surface area (Å²) in [7, 11) is 1.73. The Kier molecular flexibility index (Phi) is 7.81. The molecule has 8 nitrogen and oxygen atoms in total. The molecule has 0 radical (unpaired) electrons. The summed E-state index contributed by atoms with van der Waals surface area (Å²) in [5, 5.41) is 21.4. The summed E-state index contributed by atoms with van der Waals surface area (Å²) >= 11 is 1.75. The van der Waals surface area contributed by atoms with Crippen LogP contribution in [0.15, 0.2) is 35.5 Å². The van der Waals surface area contributed by atoms with Crippen LogP contribution >= 0.6 is 11.3 Å². The highest BCUT2D eigenvalue weighted by molar-refractivity contribution is 7.11. The van der Waals surface area contributed by atoms with Crippen molar-refractivity contribution in [1.29, 1.82) is 0 Å². The number of hydrogen-bond acceptors (Lipinski definition) is 6. The Morgan fingerprint density at radius 1 is 1.23 bits per heavy atom. The third-order valence-corrected chi connectivity index (χ3v) is 4.83. The fourth-order valence-corrected chi connectivity index (χ4v) is 3.09. The van der Waals surface area contributed by atoms with Gasteiger partial charge in [-0.1, -0.05) is 6.92 Å². The minimum Gasteiger partial charge on any atom is -0.383 e. The molecule has 0 aliphatic rings. The number of nitro benzene ring substituents is 1. The molecular weight excluding hydrogens is 352 g/mol. The third-order valence-electron chi connectivity index (χ3n) is 3.63. The van der Waals surface area contributed by atoms with Crippen LogP contribution in [0.2, 0.25) is 0 Å². The highest BCUT2D eigenvalue weighted by Gasteiger charge is 2.04. The van der Waals surface area contributed by atoms with Crippen molar-refractivity contribution in [3.63, 3.8) is 0 Å². The van der Waals surface area contributed by atoms with E-state index < -0.39 is 4.92 Å². The van der Waals surface area contributed by atoms with Crippen LogP contribution in [0.4, 0.5) is 11.4 Å². The molecule has 1 aromatic carbocycles. The van der Waals surface area contributed by atoms with Crippen LogP contribution in [0.5, 0.6) is 0 Å². The number of nitrogens with zero attached hydrogens (tertiary/aromatic N) is 3. The molecule has 0 aliphatic heterocycles. The van der Waals surface area contributed by atoms with E-state index in [0.29, 0.717) is 13.1 Å². The zero-order valence-electron chi connectivity index (χ0n) is 15.0. The van der Waals surface area contributed by atoms with Gasteiger partial charge in [0.25, 0.3) is 5.69 Å². The van der Waals surface area contributed by atoms with Gasteiger partial charge in [-0.25, -0.2) is 4.98 Å². The maximum atomic E-state index is 10.6. The number of anilines is 1. The van der Waals surface area contributed by atoms with Crippen LogP contribution in [0.3, 0.4) is 0 Å². The minimum atomic E-state index is -0.407. The van der Waals surface area contributed by atoms with Crippen LogP contribution in [0.1, 0.15) is 16.8 Å². The number of aliphatic imine (C=N–C) groups is 1. The Labute approximate surface area is 156 Å². The zero-order chi connectivity index (χ0) is 18.8. The molecule has 1 heterocycles. The Bertz CT molecular complexity index is 729. The van der Waals surface area contributed by atoms with Gasteiger partial charge in [0.1, 0.15) is 0 Å². The quantitative estimate of drug-likeness (QED) is 0.204. The van der Waals surface area contributed by atoms with Gasteiger partial charge in [-0.3, -0.25) is 15.1 Å². The van der Waals surface area contributed by atoms with Crippen molar-refractivity contribution >= 4 is 28.7 Å². The molecule has 0 bridgehead atoms. The molecule has 0 saturated carbocycles. The molecule has 0 unspecified atom stereocenters. The molecule has 0 amide bonds. The number of benzene rings is 1. The molecule has 2 aromatic rings. The lowest BCUT2D eigenvalue weighted by Gasteiger charge is -2.12. The molecule has 0 saturated heterocycles. The fraction of sp³-hybridized carbons (Fsp3) is 0.412. The molecule has 0 atom stereocenters. The lowest BCUT2D eigenvalue weighted by Crippen LogP contribution is -2.40. The zero-order valence-corrected chi connectivity index (χ0v) is 15.8. The number of guanidine groups is 1. The fourth-order valence-electron chi connectivity index (χ4n) is 2.22. The van der Waals surface area contributed by atoms with E-state index in [1.165, 1.54) is 17.0 Å². The van der Waals surface area contributed by atoms with E-state index in [1.807, 2.05) is 6.20 Å². The molecule has 2 rings (SSSR count).